The van der Waals surface area contributed by atoms with Crippen molar-refractivity contribution >= 4 is 18.4 Å². The Morgan fingerprint density at radius 1 is 1.35 bits per heavy atom. The minimum absolute atomic E-state index is 0. The molecule has 0 heterocycles. The third-order valence-electron chi connectivity index (χ3n) is 2.19. The molecule has 0 atom stereocenters. The standard InChI is InChI=1S/C11H15NO4.ClH/c1-15-9-4-7(6-12)3-8(5-10(13)14)11(9)16-2;/h3-4H,5-6,12H2,1-2H3,(H,13,14);1H. The third kappa shape index (κ3) is 3.80. The number of ether oxygens (including phenoxy) is 2. The van der Waals surface area contributed by atoms with Gasteiger partial charge < -0.3 is 20.3 Å². The molecule has 0 aliphatic heterocycles. The Hall–Kier alpha value is -1.46. The lowest BCUT2D eigenvalue weighted by atomic mass is 10.1. The van der Waals surface area contributed by atoms with Gasteiger partial charge in [-0.2, -0.15) is 0 Å². The van der Waals surface area contributed by atoms with Gasteiger partial charge in [0.1, 0.15) is 0 Å². The molecular weight excluding hydrogens is 246 g/mol. The van der Waals surface area contributed by atoms with Gasteiger partial charge in [0.25, 0.3) is 0 Å². The summed E-state index contributed by atoms with van der Waals surface area (Å²) < 4.78 is 10.3. The van der Waals surface area contributed by atoms with Gasteiger partial charge in [0.15, 0.2) is 11.5 Å². The van der Waals surface area contributed by atoms with Gasteiger partial charge in [0.2, 0.25) is 0 Å². The molecule has 0 saturated carbocycles. The van der Waals surface area contributed by atoms with Crippen LogP contribution in [0.3, 0.4) is 0 Å². The van der Waals surface area contributed by atoms with Crippen molar-refractivity contribution in [2.75, 3.05) is 14.2 Å². The van der Waals surface area contributed by atoms with Crippen LogP contribution in [-0.2, 0) is 17.8 Å². The second-order valence-electron chi connectivity index (χ2n) is 3.27. The Morgan fingerprint density at radius 2 is 2.00 bits per heavy atom. The molecule has 0 aromatic heterocycles. The summed E-state index contributed by atoms with van der Waals surface area (Å²) in [5.74, 6) is 0.0262. The maximum Gasteiger partial charge on any atom is 0.307 e. The first kappa shape index (κ1) is 15.5. The smallest absolute Gasteiger partial charge is 0.307 e. The Kier molecular flexibility index (Phi) is 6.38. The second kappa shape index (κ2) is 6.98. The zero-order valence-electron chi connectivity index (χ0n) is 9.73. The molecule has 5 nitrogen and oxygen atoms in total. The third-order valence-corrected chi connectivity index (χ3v) is 2.19. The Bertz CT molecular complexity index is 395. The fourth-order valence-electron chi connectivity index (χ4n) is 1.52. The van der Waals surface area contributed by atoms with Gasteiger partial charge in [-0.3, -0.25) is 4.79 Å². The predicted octanol–water partition coefficient (Wildman–Crippen LogP) is 1.21. The summed E-state index contributed by atoms with van der Waals surface area (Å²) in [5, 5.41) is 8.79. The average Bonchev–Trinajstić information content (AvgIpc) is 2.27. The van der Waals surface area contributed by atoms with Gasteiger partial charge in [-0.05, 0) is 17.7 Å². The van der Waals surface area contributed by atoms with Gasteiger partial charge in [-0.1, -0.05) is 0 Å². The lowest BCUT2D eigenvalue weighted by Crippen LogP contribution is -2.06. The van der Waals surface area contributed by atoms with Crippen LogP contribution in [-0.4, -0.2) is 25.3 Å². The minimum Gasteiger partial charge on any atom is -0.493 e. The number of benzene rings is 1. The molecule has 96 valence electrons. The largest absolute Gasteiger partial charge is 0.493 e. The van der Waals surface area contributed by atoms with E-state index in [1.54, 1.807) is 12.1 Å². The number of hydrogen-bond donors (Lipinski definition) is 2. The number of carboxylic acid groups (broad SMARTS) is 1. The number of aliphatic carboxylic acids is 1. The van der Waals surface area contributed by atoms with Gasteiger partial charge >= 0.3 is 5.97 Å². The molecule has 17 heavy (non-hydrogen) atoms. The van der Waals surface area contributed by atoms with Crippen LogP contribution in [0.2, 0.25) is 0 Å². The Labute approximate surface area is 106 Å². The summed E-state index contributed by atoms with van der Waals surface area (Å²) in [6, 6.07) is 3.46. The first-order valence-electron chi connectivity index (χ1n) is 4.78. The SMILES string of the molecule is COc1cc(CN)cc(CC(=O)O)c1OC.Cl. The van der Waals surface area contributed by atoms with Crippen molar-refractivity contribution in [1.82, 2.24) is 0 Å². The van der Waals surface area contributed by atoms with Gasteiger partial charge in [0, 0.05) is 12.1 Å². The van der Waals surface area contributed by atoms with E-state index in [-0.39, 0.29) is 18.8 Å². The summed E-state index contributed by atoms with van der Waals surface area (Å²) in [4.78, 5) is 10.7. The van der Waals surface area contributed by atoms with E-state index < -0.39 is 5.97 Å². The first-order valence-corrected chi connectivity index (χ1v) is 4.78. The van der Waals surface area contributed by atoms with E-state index in [2.05, 4.69) is 0 Å². The molecule has 3 N–H and O–H groups in total. The molecule has 0 aliphatic carbocycles. The van der Waals surface area contributed by atoms with Crippen molar-refractivity contribution in [3.05, 3.63) is 23.3 Å². The average molecular weight is 262 g/mol. The van der Waals surface area contributed by atoms with Crippen LogP contribution in [0.1, 0.15) is 11.1 Å². The molecule has 0 radical (unpaired) electrons. The van der Waals surface area contributed by atoms with E-state index in [0.29, 0.717) is 23.6 Å². The topological polar surface area (TPSA) is 81.8 Å². The van der Waals surface area contributed by atoms with Gasteiger partial charge in [-0.15, -0.1) is 12.4 Å². The molecule has 0 bridgehead atoms. The van der Waals surface area contributed by atoms with Gasteiger partial charge in [-0.25, -0.2) is 0 Å². The first-order chi connectivity index (χ1) is 7.62. The molecular formula is C11H16ClNO4. The maximum absolute atomic E-state index is 10.7. The summed E-state index contributed by atoms with van der Waals surface area (Å²) in [5.41, 5.74) is 6.90. The highest BCUT2D eigenvalue weighted by Gasteiger charge is 2.14. The fraction of sp³-hybridized carbons (Fsp3) is 0.364. The molecule has 1 aromatic rings. The number of methoxy groups -OCH3 is 2. The quantitative estimate of drug-likeness (QED) is 0.833. The molecule has 1 aromatic carbocycles. The molecule has 0 unspecified atom stereocenters. The van der Waals surface area contributed by atoms with E-state index >= 15 is 0 Å². The monoisotopic (exact) mass is 261 g/mol. The number of nitrogens with two attached hydrogens (primary N) is 1. The summed E-state index contributed by atoms with van der Waals surface area (Å²) in [6.45, 7) is 0.326. The Morgan fingerprint density at radius 3 is 2.41 bits per heavy atom. The highest BCUT2D eigenvalue weighted by molar-refractivity contribution is 5.85. The number of hydrogen-bond acceptors (Lipinski definition) is 4. The van der Waals surface area contributed by atoms with Crippen LogP contribution in [0, 0.1) is 0 Å². The van der Waals surface area contributed by atoms with Gasteiger partial charge in [0.05, 0.1) is 20.6 Å². The van der Waals surface area contributed by atoms with E-state index in [1.165, 1.54) is 14.2 Å². The molecule has 0 amide bonds. The van der Waals surface area contributed by atoms with Crippen molar-refractivity contribution in [2.45, 2.75) is 13.0 Å². The van der Waals surface area contributed by atoms with Crippen LogP contribution < -0.4 is 15.2 Å². The number of halogens is 1. The van der Waals surface area contributed by atoms with Crippen LogP contribution in [0.4, 0.5) is 0 Å². The van der Waals surface area contributed by atoms with Crippen molar-refractivity contribution in [3.8, 4) is 11.5 Å². The maximum atomic E-state index is 10.7. The van der Waals surface area contributed by atoms with Crippen molar-refractivity contribution in [2.24, 2.45) is 5.73 Å². The Balaban J connectivity index is 0.00000256. The van der Waals surface area contributed by atoms with E-state index in [9.17, 15) is 4.79 Å². The summed E-state index contributed by atoms with van der Waals surface area (Å²) in [6.07, 6.45) is -0.118. The van der Waals surface area contributed by atoms with E-state index in [1.807, 2.05) is 0 Å². The highest BCUT2D eigenvalue weighted by Crippen LogP contribution is 2.32. The second-order valence-corrected chi connectivity index (χ2v) is 3.27. The number of carboxylic acids is 1. The van der Waals surface area contributed by atoms with Crippen LogP contribution in [0.25, 0.3) is 0 Å². The van der Waals surface area contributed by atoms with E-state index in [4.69, 9.17) is 20.3 Å². The van der Waals surface area contributed by atoms with E-state index in [0.717, 1.165) is 5.56 Å². The molecule has 6 heteroatoms. The summed E-state index contributed by atoms with van der Waals surface area (Å²) in [7, 11) is 2.98. The fourth-order valence-corrected chi connectivity index (χ4v) is 1.52. The molecule has 1 rings (SSSR count). The van der Waals surface area contributed by atoms with Crippen molar-refractivity contribution in [1.29, 1.82) is 0 Å². The van der Waals surface area contributed by atoms with Crippen molar-refractivity contribution < 1.29 is 19.4 Å². The zero-order valence-corrected chi connectivity index (χ0v) is 10.5. The molecule has 0 aliphatic rings. The number of rotatable bonds is 5. The van der Waals surface area contributed by atoms with Crippen LogP contribution >= 0.6 is 12.4 Å². The number of carbonyl (C=O) groups is 1. The van der Waals surface area contributed by atoms with Crippen LogP contribution in [0.15, 0.2) is 12.1 Å². The normalized spacial score (nSPS) is 9.35. The lowest BCUT2D eigenvalue weighted by molar-refractivity contribution is -0.136. The molecule has 0 saturated heterocycles. The minimum atomic E-state index is -0.922. The molecule has 0 spiro atoms. The predicted molar refractivity (Wildman–Crippen MR) is 66.0 cm³/mol. The summed E-state index contributed by atoms with van der Waals surface area (Å²) >= 11 is 0. The molecule has 0 fully saturated rings. The highest BCUT2D eigenvalue weighted by atomic mass is 35.5. The van der Waals surface area contributed by atoms with Crippen LogP contribution in [0.5, 0.6) is 11.5 Å². The lowest BCUT2D eigenvalue weighted by Gasteiger charge is -2.13. The van der Waals surface area contributed by atoms with Crippen molar-refractivity contribution in [3.63, 3.8) is 0 Å². The zero-order chi connectivity index (χ0) is 12.1.